The molecule has 0 aliphatic carbocycles. The first kappa shape index (κ1) is 27.0. The van der Waals surface area contributed by atoms with E-state index in [9.17, 15) is 36.2 Å². The predicted molar refractivity (Wildman–Crippen MR) is 113 cm³/mol. The summed E-state index contributed by atoms with van der Waals surface area (Å²) in [6.45, 7) is 5.73. The predicted octanol–water partition coefficient (Wildman–Crippen LogP) is 6.01. The second kappa shape index (κ2) is 10.3. The van der Waals surface area contributed by atoms with Crippen LogP contribution in [-0.2, 0) is 9.53 Å². The molecule has 1 heterocycles. The molecule has 6 nitrogen and oxygen atoms in total. The normalized spacial score (nSPS) is 12.7. The number of hydrogen-bond donors (Lipinski definition) is 2. The zero-order valence-electron chi connectivity index (χ0n) is 18.2. The van der Waals surface area contributed by atoms with Crippen LogP contribution in [0.1, 0.15) is 33.3 Å². The molecule has 2 N–H and O–H groups in total. The number of carbonyl (C=O) groups excluding carboxylic acids is 1. The largest absolute Gasteiger partial charge is 0.506 e. The van der Waals surface area contributed by atoms with E-state index >= 15 is 0 Å². The van der Waals surface area contributed by atoms with Crippen molar-refractivity contribution >= 4 is 41.0 Å². The van der Waals surface area contributed by atoms with Gasteiger partial charge in [0, 0.05) is 11.8 Å². The Labute approximate surface area is 194 Å². The van der Waals surface area contributed by atoms with Gasteiger partial charge in [0.25, 0.3) is 5.95 Å². The number of aliphatic imine (C=N–C) groups is 1. The minimum Gasteiger partial charge on any atom is -0.506 e. The number of halogens is 7. The summed E-state index contributed by atoms with van der Waals surface area (Å²) in [6.07, 6.45) is 0.408. The molecule has 34 heavy (non-hydrogen) atoms. The van der Waals surface area contributed by atoms with Crippen molar-refractivity contribution in [1.29, 1.82) is 0 Å². The van der Waals surface area contributed by atoms with E-state index in [1.165, 1.54) is 27.7 Å². The highest BCUT2D eigenvalue weighted by molar-refractivity contribution is 6.31. The molecule has 2 rings (SSSR count). The Morgan fingerprint density at radius 1 is 1.15 bits per heavy atom. The summed E-state index contributed by atoms with van der Waals surface area (Å²) in [7, 11) is 0. The van der Waals surface area contributed by atoms with Crippen molar-refractivity contribution in [1.82, 2.24) is 4.98 Å². The summed E-state index contributed by atoms with van der Waals surface area (Å²) < 4.78 is 89.0. The monoisotopic (exact) mass is 509 g/mol. The van der Waals surface area contributed by atoms with Crippen LogP contribution in [0.4, 0.5) is 37.8 Å². The van der Waals surface area contributed by atoms with Crippen LogP contribution in [0.5, 0.6) is 0 Å². The number of aliphatic hydroxyl groups excluding tert-OH is 1. The molecular weight excluding hydrogens is 492 g/mol. The van der Waals surface area contributed by atoms with E-state index in [0.717, 1.165) is 0 Å². The number of carbonyl (C=O) groups is 1. The van der Waals surface area contributed by atoms with Crippen LogP contribution in [-0.4, -0.2) is 34.4 Å². The number of anilines is 1. The maximum atomic E-state index is 14.8. The van der Waals surface area contributed by atoms with Crippen molar-refractivity contribution in [2.24, 2.45) is 4.99 Å². The molecule has 0 saturated carbocycles. The van der Waals surface area contributed by atoms with E-state index in [1.807, 2.05) is 0 Å². The van der Waals surface area contributed by atoms with Crippen LogP contribution >= 0.6 is 11.6 Å². The van der Waals surface area contributed by atoms with Crippen molar-refractivity contribution < 1.29 is 41.0 Å². The van der Waals surface area contributed by atoms with E-state index in [1.54, 1.807) is 0 Å². The molecule has 0 amide bonds. The SMILES string of the molecule is CCOC(=O)/C(C=Nc1nc(F)c(F)c(NC(C)(C)C)c1F)=C(/O)c1cc(F)c(F)c(Cl)c1F. The summed E-state index contributed by atoms with van der Waals surface area (Å²) in [5.41, 5.74) is -3.84. The van der Waals surface area contributed by atoms with Gasteiger partial charge in [0.15, 0.2) is 29.1 Å². The molecule has 0 bridgehead atoms. The molecule has 0 spiro atoms. The van der Waals surface area contributed by atoms with Crippen molar-refractivity contribution in [2.45, 2.75) is 33.2 Å². The van der Waals surface area contributed by atoms with Crippen LogP contribution in [0, 0.1) is 35.0 Å². The van der Waals surface area contributed by atoms with Gasteiger partial charge in [-0.05, 0) is 33.8 Å². The zero-order valence-corrected chi connectivity index (χ0v) is 18.9. The molecular formula is C21H18ClF6N3O3. The number of aliphatic hydroxyl groups is 1. The van der Waals surface area contributed by atoms with Gasteiger partial charge in [0.2, 0.25) is 5.82 Å². The Kier molecular flexibility index (Phi) is 8.19. The lowest BCUT2D eigenvalue weighted by Gasteiger charge is -2.23. The molecule has 0 aliphatic heterocycles. The highest BCUT2D eigenvalue weighted by Crippen LogP contribution is 2.31. The Morgan fingerprint density at radius 2 is 1.76 bits per heavy atom. The number of pyridine rings is 1. The van der Waals surface area contributed by atoms with Crippen molar-refractivity contribution in [3.63, 3.8) is 0 Å². The van der Waals surface area contributed by atoms with Gasteiger partial charge in [0.05, 0.1) is 12.2 Å². The topological polar surface area (TPSA) is 83.8 Å². The van der Waals surface area contributed by atoms with Gasteiger partial charge in [-0.25, -0.2) is 27.3 Å². The first-order valence-corrected chi connectivity index (χ1v) is 9.87. The van der Waals surface area contributed by atoms with Crippen molar-refractivity contribution in [2.75, 3.05) is 11.9 Å². The van der Waals surface area contributed by atoms with E-state index in [2.05, 4.69) is 20.0 Å². The molecule has 0 fully saturated rings. The molecule has 0 saturated heterocycles. The number of rotatable bonds is 6. The lowest BCUT2D eigenvalue weighted by molar-refractivity contribution is -0.137. The summed E-state index contributed by atoms with van der Waals surface area (Å²) >= 11 is 5.36. The molecule has 0 radical (unpaired) electrons. The number of aromatic nitrogens is 1. The molecule has 0 unspecified atom stereocenters. The lowest BCUT2D eigenvalue weighted by Crippen LogP contribution is -2.27. The minimum atomic E-state index is -1.74. The molecule has 2 aromatic rings. The highest BCUT2D eigenvalue weighted by atomic mass is 35.5. The molecule has 13 heteroatoms. The van der Waals surface area contributed by atoms with E-state index in [4.69, 9.17) is 11.6 Å². The fourth-order valence-corrected chi connectivity index (χ4v) is 2.70. The first-order valence-electron chi connectivity index (χ1n) is 9.50. The average molecular weight is 510 g/mol. The second-order valence-corrected chi connectivity index (χ2v) is 8.07. The minimum absolute atomic E-state index is 0.209. The van der Waals surface area contributed by atoms with E-state index in [-0.39, 0.29) is 12.7 Å². The van der Waals surface area contributed by atoms with Crippen LogP contribution in [0.15, 0.2) is 16.6 Å². The van der Waals surface area contributed by atoms with Gasteiger partial charge in [-0.1, -0.05) is 11.6 Å². The maximum Gasteiger partial charge on any atom is 0.343 e. The van der Waals surface area contributed by atoms with E-state index in [0.29, 0.717) is 6.21 Å². The molecule has 184 valence electrons. The quantitative estimate of drug-likeness (QED) is 0.0727. The third-order valence-electron chi connectivity index (χ3n) is 3.94. The Balaban J connectivity index is 2.71. The van der Waals surface area contributed by atoms with Gasteiger partial charge in [-0.3, -0.25) is 0 Å². The second-order valence-electron chi connectivity index (χ2n) is 7.69. The fraction of sp³-hybridized carbons (Fsp3) is 0.286. The maximum absolute atomic E-state index is 14.8. The fourth-order valence-electron chi connectivity index (χ4n) is 2.51. The smallest absolute Gasteiger partial charge is 0.343 e. The number of benzene rings is 1. The Bertz CT molecular complexity index is 1200. The molecule has 0 atom stereocenters. The van der Waals surface area contributed by atoms with E-state index < -0.39 is 80.0 Å². The Hall–Kier alpha value is -3.28. The van der Waals surface area contributed by atoms with Gasteiger partial charge < -0.3 is 15.2 Å². The molecule has 1 aromatic carbocycles. The van der Waals surface area contributed by atoms with Crippen LogP contribution in [0.2, 0.25) is 5.02 Å². The summed E-state index contributed by atoms with van der Waals surface area (Å²) in [4.78, 5) is 18.7. The van der Waals surface area contributed by atoms with Crippen LogP contribution in [0.3, 0.4) is 0 Å². The van der Waals surface area contributed by atoms with Crippen LogP contribution < -0.4 is 5.32 Å². The lowest BCUT2D eigenvalue weighted by atomic mass is 10.1. The van der Waals surface area contributed by atoms with Gasteiger partial charge in [0.1, 0.15) is 22.0 Å². The van der Waals surface area contributed by atoms with Gasteiger partial charge in [-0.15, -0.1) is 0 Å². The number of hydrogen-bond acceptors (Lipinski definition) is 6. The number of esters is 1. The third-order valence-corrected chi connectivity index (χ3v) is 4.28. The summed E-state index contributed by atoms with van der Waals surface area (Å²) in [5.74, 6) is -13.5. The molecule has 0 aliphatic rings. The van der Waals surface area contributed by atoms with Gasteiger partial charge in [-0.2, -0.15) is 13.8 Å². The van der Waals surface area contributed by atoms with Crippen molar-refractivity contribution in [3.8, 4) is 0 Å². The Morgan fingerprint density at radius 3 is 2.32 bits per heavy atom. The van der Waals surface area contributed by atoms with Crippen LogP contribution in [0.25, 0.3) is 5.76 Å². The summed E-state index contributed by atoms with van der Waals surface area (Å²) in [5, 5.41) is 11.5. The number of nitrogens with zero attached hydrogens (tertiary/aromatic N) is 2. The standard InChI is InChI=1S/C21H18ClF6N3O3/c1-5-34-20(33)9(17(32)8-6-10(23)13(25)11(22)12(8)24)7-29-19-15(27)16(31-21(2,3)4)14(26)18(28)30-19/h6-7,32H,5H2,1-4H3,(H,30,31)/b17-9+,29-7?. The average Bonchev–Trinajstić information content (AvgIpc) is 2.75. The summed E-state index contributed by atoms with van der Waals surface area (Å²) in [6, 6.07) is 0.209. The van der Waals surface area contributed by atoms with Gasteiger partial charge >= 0.3 is 5.97 Å². The first-order chi connectivity index (χ1) is 15.7. The highest BCUT2D eigenvalue weighted by Gasteiger charge is 2.26. The molecule has 1 aromatic heterocycles. The number of ether oxygens (including phenoxy) is 1. The number of nitrogens with one attached hydrogen (secondary N) is 1. The third kappa shape index (κ3) is 5.79. The zero-order chi connectivity index (χ0) is 26.0. The van der Waals surface area contributed by atoms with Crippen molar-refractivity contribution in [3.05, 3.63) is 57.3 Å².